The van der Waals surface area contributed by atoms with E-state index in [1.807, 2.05) is 13.0 Å². The molecule has 1 saturated carbocycles. The number of nitrogens with one attached hydrogen (secondary N) is 1. The Bertz CT molecular complexity index is 537. The molecule has 1 aromatic rings. The predicted molar refractivity (Wildman–Crippen MR) is 80.9 cm³/mol. The lowest BCUT2D eigenvalue weighted by Gasteiger charge is -2.22. The van der Waals surface area contributed by atoms with Gasteiger partial charge < -0.3 is 5.73 Å². The largest absolute Gasteiger partial charge is 0.324 e. The van der Waals surface area contributed by atoms with Gasteiger partial charge in [0.1, 0.15) is 0 Å². The molecule has 112 valence electrons. The van der Waals surface area contributed by atoms with Crippen LogP contribution in [0.15, 0.2) is 29.2 Å². The minimum atomic E-state index is -3.43. The molecule has 0 saturated heterocycles. The molecule has 0 aromatic heterocycles. The molecule has 1 atom stereocenters. The molecule has 0 bridgehead atoms. The topological polar surface area (TPSA) is 72.2 Å². The van der Waals surface area contributed by atoms with Crippen molar-refractivity contribution in [1.29, 1.82) is 0 Å². The van der Waals surface area contributed by atoms with Crippen molar-refractivity contribution in [2.75, 3.05) is 0 Å². The van der Waals surface area contributed by atoms with Gasteiger partial charge in [0.15, 0.2) is 0 Å². The molecular weight excluding hydrogens is 272 g/mol. The molecule has 1 aromatic carbocycles. The van der Waals surface area contributed by atoms with E-state index >= 15 is 0 Å². The van der Waals surface area contributed by atoms with Gasteiger partial charge in [-0.3, -0.25) is 0 Å². The maximum absolute atomic E-state index is 12.4. The van der Waals surface area contributed by atoms with Gasteiger partial charge in [0, 0.05) is 12.1 Å². The molecule has 0 spiro atoms. The third kappa shape index (κ3) is 3.81. The number of rotatable bonds is 5. The van der Waals surface area contributed by atoms with E-state index in [0.29, 0.717) is 4.90 Å². The van der Waals surface area contributed by atoms with E-state index in [-0.39, 0.29) is 12.1 Å². The highest BCUT2D eigenvalue weighted by Crippen LogP contribution is 2.22. The van der Waals surface area contributed by atoms with Crippen LogP contribution in [0.25, 0.3) is 0 Å². The molecule has 0 amide bonds. The highest BCUT2D eigenvalue weighted by atomic mass is 32.2. The molecule has 20 heavy (non-hydrogen) atoms. The molecule has 5 heteroatoms. The number of hydrogen-bond donors (Lipinski definition) is 2. The first kappa shape index (κ1) is 15.5. The zero-order chi connectivity index (χ0) is 14.6. The Balaban J connectivity index is 2.16. The molecule has 1 aliphatic carbocycles. The fraction of sp³-hybridized carbons (Fsp3) is 0.600. The van der Waals surface area contributed by atoms with Crippen LogP contribution < -0.4 is 10.5 Å². The SMILES string of the molecule is CCC(N)c1cccc(S(=O)(=O)NC2CCCCC2)c1. The molecule has 1 aliphatic rings. The van der Waals surface area contributed by atoms with Gasteiger partial charge in [0.05, 0.1) is 4.90 Å². The maximum Gasteiger partial charge on any atom is 0.240 e. The average molecular weight is 296 g/mol. The molecule has 1 fully saturated rings. The maximum atomic E-state index is 12.4. The van der Waals surface area contributed by atoms with Crippen LogP contribution in [0.4, 0.5) is 0 Å². The fourth-order valence-corrected chi connectivity index (χ4v) is 4.02. The first-order valence-corrected chi connectivity index (χ1v) is 8.89. The Morgan fingerprint density at radius 2 is 2.00 bits per heavy atom. The van der Waals surface area contributed by atoms with Crippen molar-refractivity contribution < 1.29 is 8.42 Å². The second-order valence-electron chi connectivity index (χ2n) is 5.54. The minimum Gasteiger partial charge on any atom is -0.324 e. The monoisotopic (exact) mass is 296 g/mol. The number of hydrogen-bond acceptors (Lipinski definition) is 3. The van der Waals surface area contributed by atoms with E-state index in [1.54, 1.807) is 18.2 Å². The van der Waals surface area contributed by atoms with Crippen LogP contribution in [-0.4, -0.2) is 14.5 Å². The third-order valence-electron chi connectivity index (χ3n) is 3.96. The normalized spacial score (nSPS) is 18.9. The van der Waals surface area contributed by atoms with Crippen LogP contribution in [0.3, 0.4) is 0 Å². The van der Waals surface area contributed by atoms with Gasteiger partial charge in [-0.25, -0.2) is 13.1 Å². The summed E-state index contributed by atoms with van der Waals surface area (Å²) >= 11 is 0. The van der Waals surface area contributed by atoms with Gasteiger partial charge >= 0.3 is 0 Å². The summed E-state index contributed by atoms with van der Waals surface area (Å²) in [6, 6.07) is 6.95. The molecule has 2 rings (SSSR count). The quantitative estimate of drug-likeness (QED) is 0.877. The van der Waals surface area contributed by atoms with Crippen LogP contribution in [0, 0.1) is 0 Å². The summed E-state index contributed by atoms with van der Waals surface area (Å²) in [4.78, 5) is 0.324. The number of sulfonamides is 1. The summed E-state index contributed by atoms with van der Waals surface area (Å²) in [6.45, 7) is 1.99. The molecule has 0 aliphatic heterocycles. The van der Waals surface area contributed by atoms with E-state index in [2.05, 4.69) is 4.72 Å². The van der Waals surface area contributed by atoms with Crippen molar-refractivity contribution in [3.8, 4) is 0 Å². The lowest BCUT2D eigenvalue weighted by atomic mass is 9.96. The smallest absolute Gasteiger partial charge is 0.240 e. The highest BCUT2D eigenvalue weighted by Gasteiger charge is 2.22. The van der Waals surface area contributed by atoms with Crippen molar-refractivity contribution >= 4 is 10.0 Å². The van der Waals surface area contributed by atoms with Crippen LogP contribution in [0.2, 0.25) is 0 Å². The van der Waals surface area contributed by atoms with Gasteiger partial charge in [0.25, 0.3) is 0 Å². The lowest BCUT2D eigenvalue weighted by Crippen LogP contribution is -2.36. The van der Waals surface area contributed by atoms with Crippen LogP contribution in [-0.2, 0) is 10.0 Å². The summed E-state index contributed by atoms with van der Waals surface area (Å²) in [6.07, 6.45) is 6.08. The minimum absolute atomic E-state index is 0.0808. The van der Waals surface area contributed by atoms with Crippen LogP contribution in [0.5, 0.6) is 0 Å². The van der Waals surface area contributed by atoms with Gasteiger partial charge in [-0.1, -0.05) is 38.3 Å². The zero-order valence-electron chi connectivity index (χ0n) is 12.0. The Kier molecular flexibility index (Phi) is 5.18. The Hall–Kier alpha value is -0.910. The van der Waals surface area contributed by atoms with Crippen molar-refractivity contribution in [3.05, 3.63) is 29.8 Å². The van der Waals surface area contributed by atoms with Gasteiger partial charge in [-0.05, 0) is 37.0 Å². The summed E-state index contributed by atoms with van der Waals surface area (Å²) in [5.41, 5.74) is 6.85. The molecule has 1 unspecified atom stereocenters. The van der Waals surface area contributed by atoms with Crippen molar-refractivity contribution in [2.45, 2.75) is 62.4 Å². The molecule has 3 N–H and O–H groups in total. The van der Waals surface area contributed by atoms with Gasteiger partial charge in [-0.2, -0.15) is 0 Å². The molecule has 4 nitrogen and oxygen atoms in total. The first-order valence-electron chi connectivity index (χ1n) is 7.41. The van der Waals surface area contributed by atoms with Crippen molar-refractivity contribution in [3.63, 3.8) is 0 Å². The fourth-order valence-electron chi connectivity index (χ4n) is 2.66. The zero-order valence-corrected chi connectivity index (χ0v) is 12.8. The Morgan fingerprint density at radius 3 is 2.65 bits per heavy atom. The van der Waals surface area contributed by atoms with E-state index < -0.39 is 10.0 Å². The summed E-state index contributed by atoms with van der Waals surface area (Å²) < 4.78 is 27.7. The molecule has 0 radical (unpaired) electrons. The van der Waals surface area contributed by atoms with E-state index in [9.17, 15) is 8.42 Å². The highest BCUT2D eigenvalue weighted by molar-refractivity contribution is 7.89. The van der Waals surface area contributed by atoms with E-state index in [0.717, 1.165) is 37.7 Å². The standard InChI is InChI=1S/C15H24N2O2S/c1-2-15(16)12-7-6-10-14(11-12)20(18,19)17-13-8-4-3-5-9-13/h6-7,10-11,13,15,17H,2-5,8-9,16H2,1H3. The predicted octanol–water partition coefficient (Wildman–Crippen LogP) is 2.71. The van der Waals surface area contributed by atoms with Gasteiger partial charge in [-0.15, -0.1) is 0 Å². The number of nitrogens with two attached hydrogens (primary N) is 1. The van der Waals surface area contributed by atoms with E-state index in [1.165, 1.54) is 6.42 Å². The van der Waals surface area contributed by atoms with Crippen LogP contribution >= 0.6 is 0 Å². The van der Waals surface area contributed by atoms with Crippen molar-refractivity contribution in [2.24, 2.45) is 5.73 Å². The third-order valence-corrected chi connectivity index (χ3v) is 5.48. The lowest BCUT2D eigenvalue weighted by molar-refractivity contribution is 0.412. The molecule has 0 heterocycles. The Labute approximate surface area is 121 Å². The Morgan fingerprint density at radius 1 is 1.30 bits per heavy atom. The van der Waals surface area contributed by atoms with Gasteiger partial charge in [0.2, 0.25) is 10.0 Å². The summed E-state index contributed by atoms with van der Waals surface area (Å²) in [5.74, 6) is 0. The molecular formula is C15H24N2O2S. The second-order valence-corrected chi connectivity index (χ2v) is 7.26. The second kappa shape index (κ2) is 6.70. The summed E-state index contributed by atoms with van der Waals surface area (Å²) in [5, 5.41) is 0. The van der Waals surface area contributed by atoms with E-state index in [4.69, 9.17) is 5.73 Å². The number of benzene rings is 1. The average Bonchev–Trinajstić information content (AvgIpc) is 2.47. The summed E-state index contributed by atoms with van der Waals surface area (Å²) in [7, 11) is -3.43. The van der Waals surface area contributed by atoms with Crippen LogP contribution in [0.1, 0.15) is 57.1 Å². The first-order chi connectivity index (χ1) is 9.53. The van der Waals surface area contributed by atoms with Crippen molar-refractivity contribution in [1.82, 2.24) is 4.72 Å².